The second kappa shape index (κ2) is 8.66. The van der Waals surface area contributed by atoms with Crippen LogP contribution in [0.1, 0.15) is 12.0 Å². The number of aliphatic hydroxyl groups is 1. The van der Waals surface area contributed by atoms with Gasteiger partial charge in [0.05, 0.1) is 35.3 Å². The van der Waals surface area contributed by atoms with Gasteiger partial charge in [-0.1, -0.05) is 0 Å². The maximum atomic E-state index is 14.3. The first-order chi connectivity index (χ1) is 15.9. The van der Waals surface area contributed by atoms with E-state index < -0.39 is 52.0 Å². The summed E-state index contributed by atoms with van der Waals surface area (Å²) >= 11 is 0. The lowest BCUT2D eigenvalue weighted by atomic mass is 10.0. The Kier molecular flexibility index (Phi) is 6.15. The van der Waals surface area contributed by atoms with Crippen molar-refractivity contribution in [3.8, 4) is 11.4 Å². The van der Waals surface area contributed by atoms with Crippen LogP contribution in [0.2, 0.25) is 0 Å². The number of halogens is 6. The van der Waals surface area contributed by atoms with E-state index in [1.54, 1.807) is 0 Å². The van der Waals surface area contributed by atoms with Gasteiger partial charge in [-0.3, -0.25) is 4.98 Å². The maximum Gasteiger partial charge on any atom is 0.417 e. The molecule has 9 nitrogen and oxygen atoms in total. The molecule has 3 aromatic rings. The zero-order valence-electron chi connectivity index (χ0n) is 16.9. The van der Waals surface area contributed by atoms with Gasteiger partial charge in [0.2, 0.25) is 5.95 Å². The number of anilines is 1. The van der Waals surface area contributed by atoms with E-state index in [-0.39, 0.29) is 35.8 Å². The molecule has 0 radical (unpaired) electrons. The van der Waals surface area contributed by atoms with Crippen LogP contribution in [0.15, 0.2) is 30.6 Å². The third-order valence-electron chi connectivity index (χ3n) is 5.27. The molecule has 1 aliphatic rings. The highest BCUT2D eigenvalue weighted by atomic mass is 32.2. The van der Waals surface area contributed by atoms with Gasteiger partial charge in [-0.25, -0.2) is 22.3 Å². The fraction of sp³-hybridized carbons (Fsp3) is 0.389. The number of β-amino-alcohol motifs (C(OH)–C–C–N with tert-alkyl or cyclic N) is 1. The molecule has 0 saturated carbocycles. The summed E-state index contributed by atoms with van der Waals surface area (Å²) in [5.74, 6) is -4.49. The van der Waals surface area contributed by atoms with Crippen LogP contribution in [0.5, 0.6) is 0 Å². The van der Waals surface area contributed by atoms with Crippen molar-refractivity contribution in [2.75, 3.05) is 18.4 Å². The molecule has 34 heavy (non-hydrogen) atoms. The molecule has 1 aliphatic heterocycles. The first kappa shape index (κ1) is 24.2. The molecule has 0 spiro atoms. The number of pyridine rings is 1. The Morgan fingerprint density at radius 1 is 1.18 bits per heavy atom. The summed E-state index contributed by atoms with van der Waals surface area (Å²) in [6.07, 6.45) is -4.32. The number of aromatic nitrogens is 4. The van der Waals surface area contributed by atoms with Crippen LogP contribution >= 0.6 is 0 Å². The Bertz CT molecular complexity index is 1300. The zero-order chi connectivity index (χ0) is 24.8. The van der Waals surface area contributed by atoms with E-state index in [2.05, 4.69) is 20.4 Å². The molecule has 0 unspecified atom stereocenters. The quantitative estimate of drug-likeness (QED) is 0.507. The van der Waals surface area contributed by atoms with Crippen LogP contribution in [0.3, 0.4) is 0 Å². The number of fused-ring (bicyclic) bond motifs is 1. The zero-order valence-corrected chi connectivity index (χ0v) is 17.7. The summed E-state index contributed by atoms with van der Waals surface area (Å²) in [5, 5.41) is 17.1. The Balaban J connectivity index is 1.57. The lowest BCUT2D eigenvalue weighted by Gasteiger charge is -2.35. The number of aliphatic hydroxyl groups excluding tert-OH is 1. The SMILES string of the molecule is O=S(=O)(C(F)F)N1CC[C@@H](Nc2ncc3c(F)cc(-c4ccc(C(F)(F)F)cn4)n3n2)[C@H](O)C1. The number of nitrogens with zero attached hydrogens (tertiary/aromatic N) is 5. The van der Waals surface area contributed by atoms with E-state index >= 15 is 0 Å². The molecular formula is C18H16F6N6O3S. The number of piperidine rings is 1. The fourth-order valence-corrected chi connectivity index (χ4v) is 4.44. The van der Waals surface area contributed by atoms with Crippen molar-refractivity contribution in [3.05, 3.63) is 42.0 Å². The molecule has 184 valence electrons. The molecule has 16 heteroatoms. The van der Waals surface area contributed by atoms with Gasteiger partial charge in [-0.05, 0) is 18.6 Å². The van der Waals surface area contributed by atoms with Crippen molar-refractivity contribution in [3.63, 3.8) is 0 Å². The lowest BCUT2D eigenvalue weighted by Crippen LogP contribution is -2.52. The van der Waals surface area contributed by atoms with Crippen molar-refractivity contribution >= 4 is 21.5 Å². The van der Waals surface area contributed by atoms with E-state index in [1.807, 2.05) is 0 Å². The molecule has 0 aliphatic carbocycles. The van der Waals surface area contributed by atoms with E-state index in [0.717, 1.165) is 28.9 Å². The molecule has 4 heterocycles. The highest BCUT2D eigenvalue weighted by molar-refractivity contribution is 7.89. The van der Waals surface area contributed by atoms with Crippen molar-refractivity contribution in [1.82, 2.24) is 23.9 Å². The van der Waals surface area contributed by atoms with Gasteiger partial charge in [0.1, 0.15) is 5.52 Å². The second-order valence-corrected chi connectivity index (χ2v) is 9.36. The van der Waals surface area contributed by atoms with Crippen LogP contribution in [0, 0.1) is 5.82 Å². The van der Waals surface area contributed by atoms with E-state index in [0.29, 0.717) is 10.5 Å². The van der Waals surface area contributed by atoms with Crippen LogP contribution < -0.4 is 5.32 Å². The normalized spacial score (nSPS) is 20.2. The Morgan fingerprint density at radius 3 is 2.50 bits per heavy atom. The summed E-state index contributed by atoms with van der Waals surface area (Å²) in [6.45, 7) is -0.867. The van der Waals surface area contributed by atoms with Crippen LogP contribution in [0.25, 0.3) is 16.9 Å². The molecule has 0 aromatic carbocycles. The van der Waals surface area contributed by atoms with E-state index in [4.69, 9.17) is 0 Å². The second-order valence-electron chi connectivity index (χ2n) is 7.46. The van der Waals surface area contributed by atoms with Gasteiger partial charge in [-0.15, -0.1) is 5.10 Å². The highest BCUT2D eigenvalue weighted by Gasteiger charge is 2.39. The van der Waals surface area contributed by atoms with Gasteiger partial charge in [-0.2, -0.15) is 26.3 Å². The topological polar surface area (TPSA) is 113 Å². The molecular weight excluding hydrogens is 494 g/mol. The van der Waals surface area contributed by atoms with Gasteiger partial charge in [0.15, 0.2) is 5.82 Å². The molecule has 0 amide bonds. The summed E-state index contributed by atoms with van der Waals surface area (Å²) < 4.78 is 103. The van der Waals surface area contributed by atoms with Crippen molar-refractivity contribution in [2.24, 2.45) is 0 Å². The van der Waals surface area contributed by atoms with Crippen LogP contribution in [-0.2, 0) is 16.2 Å². The molecule has 3 aromatic heterocycles. The number of alkyl halides is 5. The first-order valence-corrected chi connectivity index (χ1v) is 11.2. The van der Waals surface area contributed by atoms with Gasteiger partial charge < -0.3 is 10.4 Å². The number of sulfonamides is 1. The minimum Gasteiger partial charge on any atom is -0.390 e. The first-order valence-electron chi connectivity index (χ1n) is 9.67. The summed E-state index contributed by atoms with van der Waals surface area (Å²) in [6, 6.07) is 2.06. The van der Waals surface area contributed by atoms with Crippen LogP contribution in [0.4, 0.5) is 32.3 Å². The van der Waals surface area contributed by atoms with Gasteiger partial charge >= 0.3 is 11.9 Å². The average Bonchev–Trinajstić information content (AvgIpc) is 3.10. The van der Waals surface area contributed by atoms with Crippen molar-refractivity contribution in [1.29, 1.82) is 0 Å². The standard InChI is InChI=1S/C18H16F6N6O3S/c19-10-5-13(11-2-1-9(6-25-11)18(22,23)24)30-14(10)7-26-17(28-30)27-12-3-4-29(8-15(12)31)34(32,33)16(20)21/h1-2,5-7,12,15-16,31H,3-4,8H2,(H,27,28)/t12-,15-/m1/s1. The Hall–Kier alpha value is -2.98. The average molecular weight is 510 g/mol. The minimum absolute atomic E-state index is 0.00194. The monoisotopic (exact) mass is 510 g/mol. The summed E-state index contributed by atoms with van der Waals surface area (Å²) in [4.78, 5) is 7.66. The smallest absolute Gasteiger partial charge is 0.390 e. The number of nitrogens with one attached hydrogen (secondary N) is 1. The van der Waals surface area contributed by atoms with Crippen molar-refractivity contribution < 1.29 is 39.9 Å². The third kappa shape index (κ3) is 4.52. The lowest BCUT2D eigenvalue weighted by molar-refractivity contribution is -0.137. The summed E-state index contributed by atoms with van der Waals surface area (Å²) in [5.41, 5.74) is -1.04. The van der Waals surface area contributed by atoms with Crippen LogP contribution in [-0.4, -0.2) is 68.4 Å². The predicted molar refractivity (Wildman–Crippen MR) is 106 cm³/mol. The number of hydrogen-bond donors (Lipinski definition) is 2. The Labute approximate surface area is 188 Å². The van der Waals surface area contributed by atoms with E-state index in [1.165, 1.54) is 0 Å². The van der Waals surface area contributed by atoms with Crippen molar-refractivity contribution in [2.45, 2.75) is 30.5 Å². The summed E-state index contributed by atoms with van der Waals surface area (Å²) in [7, 11) is -4.85. The molecule has 1 fully saturated rings. The van der Waals surface area contributed by atoms with Gasteiger partial charge in [0, 0.05) is 25.4 Å². The number of rotatable bonds is 5. The molecule has 2 N–H and O–H groups in total. The third-order valence-corrected chi connectivity index (χ3v) is 6.77. The maximum absolute atomic E-state index is 14.3. The fourth-order valence-electron chi connectivity index (χ4n) is 3.50. The molecule has 2 atom stereocenters. The number of hydrogen-bond acceptors (Lipinski definition) is 7. The largest absolute Gasteiger partial charge is 0.417 e. The highest BCUT2D eigenvalue weighted by Crippen LogP contribution is 2.30. The molecule has 4 rings (SSSR count). The van der Waals surface area contributed by atoms with Gasteiger partial charge in [0.25, 0.3) is 10.0 Å². The van der Waals surface area contributed by atoms with E-state index in [9.17, 15) is 39.9 Å². The minimum atomic E-state index is -4.85. The predicted octanol–water partition coefficient (Wildman–Crippen LogP) is 2.35. The Morgan fingerprint density at radius 2 is 1.91 bits per heavy atom. The molecule has 1 saturated heterocycles. The molecule has 0 bridgehead atoms.